The molecule has 0 aliphatic heterocycles. The number of Topliss-reactive ketones (excluding diaryl/α,β-unsaturated/α-hetero) is 1. The number of methoxy groups -OCH3 is 2. The number of benzene rings is 1. The number of carbonyl (C=O) groups is 1. The second kappa shape index (κ2) is 5.08. The number of hydrogen-bond acceptors (Lipinski definition) is 3. The van der Waals surface area contributed by atoms with Crippen molar-refractivity contribution in [3.8, 4) is 11.5 Å². The highest BCUT2D eigenvalue weighted by Crippen LogP contribution is 2.38. The van der Waals surface area contributed by atoms with Crippen LogP contribution in [0.25, 0.3) is 0 Å². The zero-order valence-corrected chi connectivity index (χ0v) is 11.5. The molecule has 1 aliphatic rings. The fourth-order valence-electron chi connectivity index (χ4n) is 1.79. The van der Waals surface area contributed by atoms with Gasteiger partial charge in [0, 0.05) is 17.0 Å². The maximum atomic E-state index is 12.1. The van der Waals surface area contributed by atoms with E-state index in [1.54, 1.807) is 26.4 Å². The number of halogens is 1. The molecule has 4 heteroatoms. The van der Waals surface area contributed by atoms with Crippen LogP contribution in [-0.4, -0.2) is 20.0 Å². The molecule has 0 bridgehead atoms. The molecule has 0 spiro atoms. The van der Waals surface area contributed by atoms with Crippen LogP contribution in [-0.2, 0) is 0 Å². The molecule has 1 fully saturated rings. The summed E-state index contributed by atoms with van der Waals surface area (Å²) < 4.78 is 11.1. The molecule has 0 heterocycles. The van der Waals surface area contributed by atoms with Gasteiger partial charge >= 0.3 is 0 Å². The standard InChI is InChI=1S/C13H15BrO3/c1-16-9-6-10(14)13(12(7-9)17-2)11(15)5-8-3-4-8/h6-8H,3-5H2,1-2H3. The van der Waals surface area contributed by atoms with Crippen molar-refractivity contribution in [3.63, 3.8) is 0 Å². The summed E-state index contributed by atoms with van der Waals surface area (Å²) in [6, 6.07) is 3.54. The maximum Gasteiger partial charge on any atom is 0.168 e. The average Bonchev–Trinajstić information content (AvgIpc) is 3.11. The van der Waals surface area contributed by atoms with Crippen molar-refractivity contribution in [2.75, 3.05) is 14.2 Å². The number of hydrogen-bond donors (Lipinski definition) is 0. The van der Waals surface area contributed by atoms with Crippen LogP contribution in [0.1, 0.15) is 29.6 Å². The Labute approximate surface area is 109 Å². The van der Waals surface area contributed by atoms with Crippen molar-refractivity contribution in [3.05, 3.63) is 22.2 Å². The summed E-state index contributed by atoms with van der Waals surface area (Å²) in [5.74, 6) is 1.96. The van der Waals surface area contributed by atoms with E-state index in [0.29, 0.717) is 29.4 Å². The predicted molar refractivity (Wildman–Crippen MR) is 68.9 cm³/mol. The van der Waals surface area contributed by atoms with Gasteiger partial charge in [-0.25, -0.2) is 0 Å². The smallest absolute Gasteiger partial charge is 0.168 e. The molecule has 1 aliphatic carbocycles. The van der Waals surface area contributed by atoms with Crippen LogP contribution in [0.2, 0.25) is 0 Å². The molecule has 1 aromatic carbocycles. The first-order valence-corrected chi connectivity index (χ1v) is 6.39. The first-order chi connectivity index (χ1) is 8.15. The molecule has 0 aromatic heterocycles. The lowest BCUT2D eigenvalue weighted by Gasteiger charge is -2.11. The minimum atomic E-state index is 0.138. The van der Waals surface area contributed by atoms with Gasteiger partial charge in [0.15, 0.2) is 5.78 Å². The Kier molecular flexibility index (Phi) is 3.72. The van der Waals surface area contributed by atoms with Crippen LogP contribution in [0.4, 0.5) is 0 Å². The van der Waals surface area contributed by atoms with E-state index in [9.17, 15) is 4.79 Å². The van der Waals surface area contributed by atoms with Gasteiger partial charge in [-0.3, -0.25) is 4.79 Å². The van der Waals surface area contributed by atoms with Gasteiger partial charge in [-0.05, 0) is 40.8 Å². The van der Waals surface area contributed by atoms with Gasteiger partial charge in [0.05, 0.1) is 19.8 Å². The highest BCUT2D eigenvalue weighted by Gasteiger charge is 2.27. The Morgan fingerprint density at radius 3 is 2.59 bits per heavy atom. The van der Waals surface area contributed by atoms with Gasteiger partial charge in [-0.15, -0.1) is 0 Å². The van der Waals surface area contributed by atoms with Crippen molar-refractivity contribution in [1.82, 2.24) is 0 Å². The third-order valence-electron chi connectivity index (χ3n) is 2.93. The van der Waals surface area contributed by atoms with E-state index < -0.39 is 0 Å². The molecular weight excluding hydrogens is 284 g/mol. The molecule has 1 saturated carbocycles. The molecule has 0 amide bonds. The SMILES string of the molecule is COc1cc(Br)c(C(=O)CC2CC2)c(OC)c1. The fraction of sp³-hybridized carbons (Fsp3) is 0.462. The predicted octanol–water partition coefficient (Wildman–Crippen LogP) is 3.45. The zero-order chi connectivity index (χ0) is 12.4. The first kappa shape index (κ1) is 12.4. The average molecular weight is 299 g/mol. The van der Waals surface area contributed by atoms with Gasteiger partial charge in [0.1, 0.15) is 11.5 Å². The summed E-state index contributed by atoms with van der Waals surface area (Å²) in [5, 5.41) is 0. The molecule has 1 aromatic rings. The highest BCUT2D eigenvalue weighted by atomic mass is 79.9. The van der Waals surface area contributed by atoms with Crippen molar-refractivity contribution in [2.45, 2.75) is 19.3 Å². The summed E-state index contributed by atoms with van der Waals surface area (Å²) in [5.41, 5.74) is 0.625. The minimum absolute atomic E-state index is 0.138. The van der Waals surface area contributed by atoms with Crippen molar-refractivity contribution < 1.29 is 14.3 Å². The van der Waals surface area contributed by atoms with E-state index >= 15 is 0 Å². The van der Waals surface area contributed by atoms with E-state index in [0.717, 1.165) is 4.47 Å². The number of rotatable bonds is 5. The third kappa shape index (κ3) is 2.80. The Hall–Kier alpha value is -1.03. The molecule has 0 saturated heterocycles. The second-order valence-electron chi connectivity index (χ2n) is 4.26. The molecule has 3 nitrogen and oxygen atoms in total. The Morgan fingerprint density at radius 2 is 2.06 bits per heavy atom. The maximum absolute atomic E-state index is 12.1. The topological polar surface area (TPSA) is 35.5 Å². The lowest BCUT2D eigenvalue weighted by molar-refractivity contribution is 0.0972. The summed E-state index contributed by atoms with van der Waals surface area (Å²) in [7, 11) is 3.15. The van der Waals surface area contributed by atoms with Gasteiger partial charge in [0.25, 0.3) is 0 Å². The lowest BCUT2D eigenvalue weighted by Crippen LogP contribution is -2.05. The summed E-state index contributed by atoms with van der Waals surface area (Å²) >= 11 is 3.41. The number of ketones is 1. The highest BCUT2D eigenvalue weighted by molar-refractivity contribution is 9.10. The normalized spacial score (nSPS) is 14.5. The molecule has 0 atom stereocenters. The minimum Gasteiger partial charge on any atom is -0.497 e. The number of ether oxygens (including phenoxy) is 2. The van der Waals surface area contributed by atoms with Crippen LogP contribution in [0, 0.1) is 5.92 Å². The van der Waals surface area contributed by atoms with E-state index in [4.69, 9.17) is 9.47 Å². The number of carbonyl (C=O) groups excluding carboxylic acids is 1. The fourth-order valence-corrected chi connectivity index (χ4v) is 2.44. The van der Waals surface area contributed by atoms with Crippen LogP contribution >= 0.6 is 15.9 Å². The van der Waals surface area contributed by atoms with Crippen LogP contribution < -0.4 is 9.47 Å². The van der Waals surface area contributed by atoms with Gasteiger partial charge < -0.3 is 9.47 Å². The van der Waals surface area contributed by atoms with E-state index in [-0.39, 0.29) is 5.78 Å². The molecule has 2 rings (SSSR count). The van der Waals surface area contributed by atoms with E-state index in [2.05, 4.69) is 15.9 Å². The molecular formula is C13H15BrO3. The monoisotopic (exact) mass is 298 g/mol. The van der Waals surface area contributed by atoms with E-state index in [1.807, 2.05) is 0 Å². The van der Waals surface area contributed by atoms with Crippen molar-refractivity contribution >= 4 is 21.7 Å². The van der Waals surface area contributed by atoms with Crippen LogP contribution in [0.3, 0.4) is 0 Å². The molecule has 17 heavy (non-hydrogen) atoms. The van der Waals surface area contributed by atoms with Crippen LogP contribution in [0.15, 0.2) is 16.6 Å². The first-order valence-electron chi connectivity index (χ1n) is 5.60. The van der Waals surface area contributed by atoms with Gasteiger partial charge in [0.2, 0.25) is 0 Å². The lowest BCUT2D eigenvalue weighted by atomic mass is 10.0. The van der Waals surface area contributed by atoms with Gasteiger partial charge in [-0.2, -0.15) is 0 Å². The summed E-state index contributed by atoms with van der Waals surface area (Å²) in [6.07, 6.45) is 2.95. The zero-order valence-electron chi connectivity index (χ0n) is 9.96. The third-order valence-corrected chi connectivity index (χ3v) is 3.56. The van der Waals surface area contributed by atoms with E-state index in [1.165, 1.54) is 12.8 Å². The van der Waals surface area contributed by atoms with Gasteiger partial charge in [-0.1, -0.05) is 0 Å². The molecule has 0 N–H and O–H groups in total. The quantitative estimate of drug-likeness (QED) is 0.781. The van der Waals surface area contributed by atoms with Crippen molar-refractivity contribution in [1.29, 1.82) is 0 Å². The van der Waals surface area contributed by atoms with Crippen LogP contribution in [0.5, 0.6) is 11.5 Å². The van der Waals surface area contributed by atoms with Crippen molar-refractivity contribution in [2.24, 2.45) is 5.92 Å². The Morgan fingerprint density at radius 1 is 1.35 bits per heavy atom. The molecule has 0 unspecified atom stereocenters. The summed E-state index contributed by atoms with van der Waals surface area (Å²) in [6.45, 7) is 0. The Bertz CT molecular complexity index is 439. The second-order valence-corrected chi connectivity index (χ2v) is 5.11. The Balaban J connectivity index is 2.32. The molecule has 92 valence electrons. The largest absolute Gasteiger partial charge is 0.497 e. The molecule has 0 radical (unpaired) electrons. The summed E-state index contributed by atoms with van der Waals surface area (Å²) in [4.78, 5) is 12.1.